The Balaban J connectivity index is 1.80. The number of hydrogen-bond acceptors (Lipinski definition) is 2. The van der Waals surface area contributed by atoms with Crippen LogP contribution in [-0.4, -0.2) is 37.1 Å². The van der Waals surface area contributed by atoms with Gasteiger partial charge in [0.2, 0.25) is 0 Å². The second kappa shape index (κ2) is 4.84. The fraction of sp³-hybridized carbons (Fsp3) is 1.00. The van der Waals surface area contributed by atoms with Crippen molar-refractivity contribution < 1.29 is 0 Å². The molecule has 88 valence electrons. The van der Waals surface area contributed by atoms with Gasteiger partial charge >= 0.3 is 0 Å². The molecule has 2 fully saturated rings. The summed E-state index contributed by atoms with van der Waals surface area (Å²) in [7, 11) is 0. The van der Waals surface area contributed by atoms with E-state index in [4.69, 9.17) is 0 Å². The molecule has 0 radical (unpaired) electrons. The summed E-state index contributed by atoms with van der Waals surface area (Å²) in [4.78, 5) is 2.69. The first-order valence-corrected chi connectivity index (χ1v) is 6.74. The molecule has 0 atom stereocenters. The van der Waals surface area contributed by atoms with Crippen LogP contribution >= 0.6 is 0 Å². The maximum atomic E-state index is 3.48. The average Bonchev–Trinajstić information content (AvgIpc) is 2.24. The lowest BCUT2D eigenvalue weighted by Gasteiger charge is -2.54. The van der Waals surface area contributed by atoms with Crippen molar-refractivity contribution in [2.75, 3.05) is 26.2 Å². The molecule has 2 aliphatic rings. The molecule has 1 aliphatic heterocycles. The Morgan fingerprint density at radius 1 is 1.20 bits per heavy atom. The molecule has 1 aliphatic carbocycles. The van der Waals surface area contributed by atoms with Crippen molar-refractivity contribution in [1.82, 2.24) is 10.2 Å². The van der Waals surface area contributed by atoms with Crippen molar-refractivity contribution in [2.45, 2.75) is 52.0 Å². The number of rotatable bonds is 4. The van der Waals surface area contributed by atoms with Crippen LogP contribution in [0.15, 0.2) is 0 Å². The van der Waals surface area contributed by atoms with Gasteiger partial charge in [0.1, 0.15) is 0 Å². The molecular formula is C13H26N2. The Kier molecular flexibility index (Phi) is 3.68. The van der Waals surface area contributed by atoms with Gasteiger partial charge in [-0.2, -0.15) is 0 Å². The quantitative estimate of drug-likeness (QED) is 0.765. The smallest absolute Gasteiger partial charge is 0.0106 e. The fourth-order valence-electron chi connectivity index (χ4n) is 3.45. The first-order chi connectivity index (χ1) is 7.29. The Morgan fingerprint density at radius 3 is 2.40 bits per heavy atom. The van der Waals surface area contributed by atoms with E-state index in [1.807, 2.05) is 0 Å². The molecular weight excluding hydrogens is 184 g/mol. The molecule has 0 aromatic heterocycles. The summed E-state index contributed by atoms with van der Waals surface area (Å²) in [5, 5.41) is 3.48. The van der Waals surface area contributed by atoms with Crippen molar-refractivity contribution in [3.05, 3.63) is 0 Å². The van der Waals surface area contributed by atoms with Gasteiger partial charge in [0, 0.05) is 6.04 Å². The van der Waals surface area contributed by atoms with Crippen molar-refractivity contribution >= 4 is 0 Å². The van der Waals surface area contributed by atoms with Crippen LogP contribution in [0.1, 0.15) is 46.0 Å². The van der Waals surface area contributed by atoms with Crippen LogP contribution < -0.4 is 5.32 Å². The van der Waals surface area contributed by atoms with Gasteiger partial charge in [-0.1, -0.05) is 13.8 Å². The molecule has 0 amide bonds. The number of piperidine rings is 1. The zero-order chi connectivity index (χ0) is 10.7. The normalized spacial score (nSPS) is 25.8. The van der Waals surface area contributed by atoms with Crippen molar-refractivity contribution in [2.24, 2.45) is 5.41 Å². The van der Waals surface area contributed by atoms with Crippen LogP contribution in [0.4, 0.5) is 0 Å². The van der Waals surface area contributed by atoms with E-state index >= 15 is 0 Å². The predicted octanol–water partition coefficient (Wildman–Crippen LogP) is 2.25. The van der Waals surface area contributed by atoms with E-state index in [1.54, 1.807) is 0 Å². The van der Waals surface area contributed by atoms with E-state index in [9.17, 15) is 0 Å². The van der Waals surface area contributed by atoms with Crippen LogP contribution in [0.2, 0.25) is 0 Å². The van der Waals surface area contributed by atoms with Gasteiger partial charge in [-0.3, -0.25) is 0 Å². The third kappa shape index (κ3) is 2.36. The standard InChI is InChI=1S/C13H26N2/c1-3-9-15(4-2)12-10-13(11-12)5-7-14-8-6-13/h12,14H,3-11H2,1-2H3. The monoisotopic (exact) mass is 210 g/mol. The fourth-order valence-corrected chi connectivity index (χ4v) is 3.45. The summed E-state index contributed by atoms with van der Waals surface area (Å²) in [6.07, 6.45) is 7.10. The van der Waals surface area contributed by atoms with Gasteiger partial charge in [-0.05, 0) is 63.7 Å². The van der Waals surface area contributed by atoms with Gasteiger partial charge in [-0.15, -0.1) is 0 Å². The minimum atomic E-state index is 0.747. The minimum Gasteiger partial charge on any atom is -0.317 e. The highest BCUT2D eigenvalue weighted by atomic mass is 15.2. The molecule has 0 aromatic rings. The number of nitrogens with zero attached hydrogens (tertiary/aromatic N) is 1. The lowest BCUT2D eigenvalue weighted by atomic mass is 9.60. The van der Waals surface area contributed by atoms with Crippen molar-refractivity contribution in [1.29, 1.82) is 0 Å². The zero-order valence-electron chi connectivity index (χ0n) is 10.4. The van der Waals surface area contributed by atoms with Crippen LogP contribution in [0.25, 0.3) is 0 Å². The van der Waals surface area contributed by atoms with Crippen LogP contribution in [0.3, 0.4) is 0 Å². The first kappa shape index (κ1) is 11.4. The van der Waals surface area contributed by atoms with Crippen LogP contribution in [-0.2, 0) is 0 Å². The molecule has 1 spiro atoms. The van der Waals surface area contributed by atoms with E-state index in [-0.39, 0.29) is 0 Å². The average molecular weight is 210 g/mol. The Morgan fingerprint density at radius 2 is 1.87 bits per heavy atom. The Labute approximate surface area is 94.4 Å². The molecule has 1 saturated heterocycles. The van der Waals surface area contributed by atoms with Gasteiger partial charge in [0.25, 0.3) is 0 Å². The Bertz CT molecular complexity index is 189. The van der Waals surface area contributed by atoms with E-state index < -0.39 is 0 Å². The summed E-state index contributed by atoms with van der Waals surface area (Å²) >= 11 is 0. The van der Waals surface area contributed by atoms with Crippen molar-refractivity contribution in [3.63, 3.8) is 0 Å². The summed E-state index contributed by atoms with van der Waals surface area (Å²) in [5.74, 6) is 0. The largest absolute Gasteiger partial charge is 0.317 e. The molecule has 15 heavy (non-hydrogen) atoms. The SMILES string of the molecule is CCCN(CC)C1CC2(CCNCC2)C1. The van der Waals surface area contributed by atoms with Crippen molar-refractivity contribution in [3.8, 4) is 0 Å². The molecule has 0 unspecified atom stereocenters. The summed E-state index contributed by atoms with van der Waals surface area (Å²) < 4.78 is 0. The van der Waals surface area contributed by atoms with Gasteiger partial charge in [0.15, 0.2) is 0 Å². The van der Waals surface area contributed by atoms with Gasteiger partial charge in [-0.25, -0.2) is 0 Å². The number of nitrogens with one attached hydrogen (secondary N) is 1. The molecule has 2 heteroatoms. The topological polar surface area (TPSA) is 15.3 Å². The van der Waals surface area contributed by atoms with Gasteiger partial charge in [0.05, 0.1) is 0 Å². The Hall–Kier alpha value is -0.0800. The third-order valence-corrected chi connectivity index (χ3v) is 4.43. The molecule has 1 heterocycles. The summed E-state index contributed by atoms with van der Waals surface area (Å²) in [5.41, 5.74) is 0.747. The number of hydrogen-bond donors (Lipinski definition) is 1. The molecule has 1 N–H and O–H groups in total. The maximum absolute atomic E-state index is 3.48. The minimum absolute atomic E-state index is 0.747. The van der Waals surface area contributed by atoms with E-state index in [0.29, 0.717) is 0 Å². The first-order valence-electron chi connectivity index (χ1n) is 6.74. The second-order valence-electron chi connectivity index (χ2n) is 5.44. The van der Waals surface area contributed by atoms with E-state index in [2.05, 4.69) is 24.1 Å². The second-order valence-corrected chi connectivity index (χ2v) is 5.44. The maximum Gasteiger partial charge on any atom is 0.0106 e. The molecule has 2 nitrogen and oxygen atoms in total. The van der Waals surface area contributed by atoms with E-state index in [0.717, 1.165) is 11.5 Å². The molecule has 2 rings (SSSR count). The third-order valence-electron chi connectivity index (χ3n) is 4.43. The lowest BCUT2D eigenvalue weighted by molar-refractivity contribution is -0.0184. The highest BCUT2D eigenvalue weighted by Gasteiger charge is 2.45. The van der Waals surface area contributed by atoms with Crippen LogP contribution in [0.5, 0.6) is 0 Å². The van der Waals surface area contributed by atoms with Crippen LogP contribution in [0, 0.1) is 5.41 Å². The zero-order valence-corrected chi connectivity index (χ0v) is 10.4. The predicted molar refractivity (Wildman–Crippen MR) is 65.1 cm³/mol. The highest BCUT2D eigenvalue weighted by molar-refractivity contribution is 5.00. The summed E-state index contributed by atoms with van der Waals surface area (Å²) in [6.45, 7) is 9.66. The molecule has 0 aromatic carbocycles. The highest BCUT2D eigenvalue weighted by Crippen LogP contribution is 2.49. The lowest BCUT2D eigenvalue weighted by Crippen LogP contribution is -2.54. The molecule has 0 bridgehead atoms. The summed E-state index contributed by atoms with van der Waals surface area (Å²) in [6, 6.07) is 0.910. The molecule has 1 saturated carbocycles. The van der Waals surface area contributed by atoms with E-state index in [1.165, 1.54) is 58.3 Å². The van der Waals surface area contributed by atoms with Gasteiger partial charge < -0.3 is 10.2 Å².